The molecule has 0 radical (unpaired) electrons. The van der Waals surface area contributed by atoms with E-state index >= 15 is 0 Å². The van der Waals surface area contributed by atoms with Crippen LogP contribution >= 0.6 is 0 Å². The Bertz CT molecular complexity index is 1010. The second-order valence-corrected chi connectivity index (χ2v) is 8.90. The molecule has 2 aromatic rings. The molecule has 2 aromatic carbocycles. The summed E-state index contributed by atoms with van der Waals surface area (Å²) in [5.74, 6) is 1.03. The summed E-state index contributed by atoms with van der Waals surface area (Å²) in [5, 5.41) is 2.85. The molecule has 0 aromatic heterocycles. The van der Waals surface area contributed by atoms with Crippen LogP contribution in [0, 0.1) is 6.92 Å². The van der Waals surface area contributed by atoms with Crippen molar-refractivity contribution in [2.75, 3.05) is 19.9 Å². The van der Waals surface area contributed by atoms with Crippen LogP contribution in [0.2, 0.25) is 0 Å². The van der Waals surface area contributed by atoms with Gasteiger partial charge in [-0.25, -0.2) is 8.42 Å². The van der Waals surface area contributed by atoms with Crippen LogP contribution < -0.4 is 14.8 Å². The van der Waals surface area contributed by atoms with Crippen molar-refractivity contribution in [3.05, 3.63) is 53.1 Å². The number of aryl methyl sites for hydroxylation is 1. The van der Waals surface area contributed by atoms with E-state index in [-0.39, 0.29) is 17.6 Å². The number of fused-ring (bicyclic) bond motifs is 1. The van der Waals surface area contributed by atoms with E-state index in [9.17, 15) is 13.2 Å². The molecule has 1 saturated heterocycles. The first-order chi connectivity index (χ1) is 13.4. The number of carbonyl (C=O) groups is 1. The van der Waals surface area contributed by atoms with Crippen molar-refractivity contribution in [3.63, 3.8) is 0 Å². The number of hydrogen-bond acceptors (Lipinski definition) is 5. The number of sulfonamides is 1. The van der Waals surface area contributed by atoms with E-state index in [4.69, 9.17) is 9.47 Å². The highest BCUT2D eigenvalue weighted by atomic mass is 32.2. The van der Waals surface area contributed by atoms with Crippen LogP contribution in [0.25, 0.3) is 0 Å². The van der Waals surface area contributed by atoms with Gasteiger partial charge in [-0.2, -0.15) is 4.31 Å². The van der Waals surface area contributed by atoms with E-state index in [0.717, 1.165) is 24.0 Å². The largest absolute Gasteiger partial charge is 0.454 e. The first-order valence-electron chi connectivity index (χ1n) is 9.23. The number of amides is 1. The monoisotopic (exact) mass is 402 g/mol. The molecule has 0 saturated carbocycles. The van der Waals surface area contributed by atoms with Crippen molar-refractivity contribution >= 4 is 15.9 Å². The van der Waals surface area contributed by atoms with Gasteiger partial charge in [-0.1, -0.05) is 12.1 Å². The Hall–Kier alpha value is -2.58. The molecule has 4 rings (SSSR count). The fourth-order valence-corrected chi connectivity index (χ4v) is 4.96. The Morgan fingerprint density at radius 3 is 2.61 bits per heavy atom. The van der Waals surface area contributed by atoms with Crippen LogP contribution in [0.1, 0.15) is 34.3 Å². The standard InChI is InChI=1S/C20H22N2O5S/c1-14-4-6-16(28(24,25)22-8-2-3-9-22)11-17(14)20(23)21-12-15-5-7-18-19(10-15)27-13-26-18/h4-7,10-11H,2-3,8-9,12-13H2,1H3,(H,21,23). The van der Waals surface area contributed by atoms with Gasteiger partial charge in [0.15, 0.2) is 11.5 Å². The Kier molecular flexibility index (Phi) is 4.99. The van der Waals surface area contributed by atoms with E-state index < -0.39 is 10.0 Å². The molecule has 8 heteroatoms. The van der Waals surface area contributed by atoms with Crippen molar-refractivity contribution in [3.8, 4) is 11.5 Å². The third kappa shape index (κ3) is 3.57. The van der Waals surface area contributed by atoms with Gasteiger partial charge < -0.3 is 14.8 Å². The van der Waals surface area contributed by atoms with Gasteiger partial charge in [0.05, 0.1) is 4.90 Å². The number of ether oxygens (including phenoxy) is 2. The molecular weight excluding hydrogens is 380 g/mol. The van der Waals surface area contributed by atoms with Crippen LogP contribution in [0.15, 0.2) is 41.3 Å². The van der Waals surface area contributed by atoms with Gasteiger partial charge in [0.25, 0.3) is 5.91 Å². The normalized spacial score (nSPS) is 16.3. The molecule has 0 unspecified atom stereocenters. The number of nitrogens with one attached hydrogen (secondary N) is 1. The molecule has 7 nitrogen and oxygen atoms in total. The second-order valence-electron chi connectivity index (χ2n) is 6.96. The molecule has 28 heavy (non-hydrogen) atoms. The maximum Gasteiger partial charge on any atom is 0.251 e. The second kappa shape index (κ2) is 7.44. The van der Waals surface area contributed by atoms with Crippen molar-refractivity contribution in [1.82, 2.24) is 9.62 Å². The van der Waals surface area contributed by atoms with Gasteiger partial charge in [-0.15, -0.1) is 0 Å². The zero-order valence-corrected chi connectivity index (χ0v) is 16.4. The topological polar surface area (TPSA) is 84.9 Å². The van der Waals surface area contributed by atoms with E-state index in [2.05, 4.69) is 5.32 Å². The quantitative estimate of drug-likeness (QED) is 0.830. The summed E-state index contributed by atoms with van der Waals surface area (Å²) in [6.07, 6.45) is 1.74. The maximum atomic E-state index is 12.8. The summed E-state index contributed by atoms with van der Waals surface area (Å²) in [5.41, 5.74) is 1.96. The zero-order valence-electron chi connectivity index (χ0n) is 15.6. The Morgan fingerprint density at radius 1 is 1.07 bits per heavy atom. The van der Waals surface area contributed by atoms with E-state index in [0.29, 0.717) is 36.7 Å². The Labute approximate surface area is 164 Å². The summed E-state index contributed by atoms with van der Waals surface area (Å²) in [6.45, 7) is 3.35. The minimum Gasteiger partial charge on any atom is -0.454 e. The van der Waals surface area contributed by atoms with E-state index in [1.807, 2.05) is 12.1 Å². The van der Waals surface area contributed by atoms with Gasteiger partial charge in [0, 0.05) is 25.2 Å². The average Bonchev–Trinajstić information content (AvgIpc) is 3.37. The lowest BCUT2D eigenvalue weighted by Crippen LogP contribution is -2.29. The predicted octanol–water partition coefficient (Wildman–Crippen LogP) is 2.44. The van der Waals surface area contributed by atoms with Crippen LogP contribution in [-0.4, -0.2) is 38.5 Å². The van der Waals surface area contributed by atoms with Crippen LogP contribution in [0.4, 0.5) is 0 Å². The third-order valence-corrected chi connectivity index (χ3v) is 6.94. The van der Waals surface area contributed by atoms with Crippen molar-refractivity contribution in [1.29, 1.82) is 0 Å². The summed E-state index contributed by atoms with van der Waals surface area (Å²) < 4.78 is 37.7. The summed E-state index contributed by atoms with van der Waals surface area (Å²) >= 11 is 0. The Balaban J connectivity index is 1.51. The number of rotatable bonds is 5. The van der Waals surface area contributed by atoms with Crippen molar-refractivity contribution in [2.45, 2.75) is 31.2 Å². The maximum absolute atomic E-state index is 12.8. The molecule has 0 bridgehead atoms. The molecule has 148 valence electrons. The lowest BCUT2D eigenvalue weighted by molar-refractivity contribution is 0.0950. The minimum atomic E-state index is -3.56. The molecular formula is C20H22N2O5S. The summed E-state index contributed by atoms with van der Waals surface area (Å²) in [6, 6.07) is 10.2. The lowest BCUT2D eigenvalue weighted by Gasteiger charge is -2.17. The van der Waals surface area contributed by atoms with Crippen LogP contribution in [0.3, 0.4) is 0 Å². The van der Waals surface area contributed by atoms with Crippen LogP contribution in [0.5, 0.6) is 11.5 Å². The highest BCUT2D eigenvalue weighted by molar-refractivity contribution is 7.89. The molecule has 1 N–H and O–H groups in total. The molecule has 2 aliphatic heterocycles. The molecule has 0 aliphatic carbocycles. The third-order valence-electron chi connectivity index (χ3n) is 5.05. The van der Waals surface area contributed by atoms with Gasteiger partial charge in [0.1, 0.15) is 0 Å². The first-order valence-corrected chi connectivity index (χ1v) is 10.7. The molecule has 1 fully saturated rings. The first kappa shape index (κ1) is 18.8. The number of nitrogens with zero attached hydrogens (tertiary/aromatic N) is 1. The molecule has 1 amide bonds. The molecule has 0 atom stereocenters. The fourth-order valence-electron chi connectivity index (χ4n) is 3.41. The highest BCUT2D eigenvalue weighted by Crippen LogP contribution is 2.32. The number of benzene rings is 2. The molecule has 0 spiro atoms. The minimum absolute atomic E-state index is 0.160. The molecule has 2 heterocycles. The van der Waals surface area contributed by atoms with E-state index in [1.54, 1.807) is 25.1 Å². The zero-order chi connectivity index (χ0) is 19.7. The number of hydrogen-bond donors (Lipinski definition) is 1. The predicted molar refractivity (Wildman–Crippen MR) is 103 cm³/mol. The van der Waals surface area contributed by atoms with Gasteiger partial charge >= 0.3 is 0 Å². The average molecular weight is 402 g/mol. The van der Waals surface area contributed by atoms with Crippen molar-refractivity contribution < 1.29 is 22.7 Å². The fraction of sp³-hybridized carbons (Fsp3) is 0.350. The van der Waals surface area contributed by atoms with Gasteiger partial charge in [-0.3, -0.25) is 4.79 Å². The summed E-state index contributed by atoms with van der Waals surface area (Å²) in [4.78, 5) is 12.9. The molecule has 2 aliphatic rings. The smallest absolute Gasteiger partial charge is 0.251 e. The SMILES string of the molecule is Cc1ccc(S(=O)(=O)N2CCCC2)cc1C(=O)NCc1ccc2c(c1)OCO2. The van der Waals surface area contributed by atoms with Gasteiger partial charge in [0.2, 0.25) is 16.8 Å². The van der Waals surface area contributed by atoms with Crippen LogP contribution in [-0.2, 0) is 16.6 Å². The lowest BCUT2D eigenvalue weighted by atomic mass is 10.1. The highest BCUT2D eigenvalue weighted by Gasteiger charge is 2.28. The number of carbonyl (C=O) groups excluding carboxylic acids is 1. The summed E-state index contributed by atoms with van der Waals surface area (Å²) in [7, 11) is -3.56. The van der Waals surface area contributed by atoms with Crippen molar-refractivity contribution in [2.24, 2.45) is 0 Å². The Morgan fingerprint density at radius 2 is 1.82 bits per heavy atom. The van der Waals surface area contributed by atoms with E-state index in [1.165, 1.54) is 10.4 Å². The van der Waals surface area contributed by atoms with Gasteiger partial charge in [-0.05, 0) is 55.2 Å².